The maximum Gasteiger partial charge on any atom is 0.163 e. The number of hydrogen-bond acceptors (Lipinski definition) is 2. The number of carbonyl (C=O) groups excluding carboxylic acids is 1. The van der Waals surface area contributed by atoms with Crippen molar-refractivity contribution in [1.29, 1.82) is 0 Å². The van der Waals surface area contributed by atoms with Gasteiger partial charge in [0, 0.05) is 25.1 Å². The summed E-state index contributed by atoms with van der Waals surface area (Å²) in [7, 11) is 0. The standard InChI is InChI=1S/C22H34FNO/c1-3-4-5-9-14-22(2)15-17-24(18-16-22)21(23)13-12-20(25)19-10-7-6-8-11-19/h6-8,10-11,21H,3-5,9,12-18H2,1-2H3. The van der Waals surface area contributed by atoms with Gasteiger partial charge in [-0.1, -0.05) is 69.9 Å². The minimum Gasteiger partial charge on any atom is -0.294 e. The van der Waals surface area contributed by atoms with E-state index < -0.39 is 6.30 Å². The van der Waals surface area contributed by atoms with Gasteiger partial charge in [0.25, 0.3) is 0 Å². The van der Waals surface area contributed by atoms with Crippen LogP contribution in [0.1, 0.15) is 82.0 Å². The molecule has 25 heavy (non-hydrogen) atoms. The molecule has 140 valence electrons. The van der Waals surface area contributed by atoms with Crippen molar-refractivity contribution in [2.45, 2.75) is 77.9 Å². The molecule has 0 spiro atoms. The Kier molecular flexibility index (Phi) is 8.08. The Bertz CT molecular complexity index is 508. The van der Waals surface area contributed by atoms with Crippen molar-refractivity contribution in [2.24, 2.45) is 5.41 Å². The first-order valence-electron chi connectivity index (χ1n) is 10.0. The Balaban J connectivity index is 1.70. The van der Waals surface area contributed by atoms with Crippen molar-refractivity contribution in [3.63, 3.8) is 0 Å². The molecule has 1 aromatic carbocycles. The lowest BCUT2D eigenvalue weighted by atomic mass is 9.76. The molecule has 2 nitrogen and oxygen atoms in total. The summed E-state index contributed by atoms with van der Waals surface area (Å²) in [6.07, 6.45) is 8.25. The summed E-state index contributed by atoms with van der Waals surface area (Å²) >= 11 is 0. The summed E-state index contributed by atoms with van der Waals surface area (Å²) in [6, 6.07) is 9.21. The van der Waals surface area contributed by atoms with Crippen LogP contribution < -0.4 is 0 Å². The van der Waals surface area contributed by atoms with Gasteiger partial charge in [0.15, 0.2) is 12.1 Å². The number of carbonyl (C=O) groups is 1. The summed E-state index contributed by atoms with van der Waals surface area (Å²) in [6.45, 7) is 6.25. The highest BCUT2D eigenvalue weighted by Crippen LogP contribution is 2.37. The molecular formula is C22H34FNO. The normalized spacial score (nSPS) is 18.8. The number of halogens is 1. The zero-order chi connectivity index (χ0) is 18.1. The van der Waals surface area contributed by atoms with Crippen LogP contribution in [0.4, 0.5) is 4.39 Å². The minimum atomic E-state index is -0.989. The van der Waals surface area contributed by atoms with Gasteiger partial charge in [-0.3, -0.25) is 9.69 Å². The first-order valence-corrected chi connectivity index (χ1v) is 10.0. The fourth-order valence-corrected chi connectivity index (χ4v) is 3.77. The second-order valence-corrected chi connectivity index (χ2v) is 7.92. The lowest BCUT2D eigenvalue weighted by Gasteiger charge is -2.40. The molecule has 0 aliphatic carbocycles. The van der Waals surface area contributed by atoms with Crippen LogP contribution in [0.25, 0.3) is 0 Å². The highest BCUT2D eigenvalue weighted by Gasteiger charge is 2.32. The van der Waals surface area contributed by atoms with E-state index in [2.05, 4.69) is 13.8 Å². The number of rotatable bonds is 10. The predicted molar refractivity (Wildman–Crippen MR) is 103 cm³/mol. The number of unbranched alkanes of at least 4 members (excludes halogenated alkanes) is 3. The largest absolute Gasteiger partial charge is 0.294 e. The maximum absolute atomic E-state index is 14.5. The van der Waals surface area contributed by atoms with Crippen LogP contribution in [0.3, 0.4) is 0 Å². The van der Waals surface area contributed by atoms with E-state index in [-0.39, 0.29) is 12.2 Å². The molecule has 3 heteroatoms. The third-order valence-corrected chi connectivity index (χ3v) is 5.74. The van der Waals surface area contributed by atoms with Crippen molar-refractivity contribution in [3.8, 4) is 0 Å². The number of Topliss-reactive ketones (excluding diaryl/α,β-unsaturated/α-hetero) is 1. The molecular weight excluding hydrogens is 313 g/mol. The number of likely N-dealkylation sites (tertiary alicyclic amines) is 1. The summed E-state index contributed by atoms with van der Waals surface area (Å²) < 4.78 is 14.5. The third-order valence-electron chi connectivity index (χ3n) is 5.74. The average molecular weight is 348 g/mol. The monoisotopic (exact) mass is 347 g/mol. The van der Waals surface area contributed by atoms with Crippen LogP contribution in [0.2, 0.25) is 0 Å². The Hall–Kier alpha value is -1.22. The van der Waals surface area contributed by atoms with Crippen LogP contribution in [-0.4, -0.2) is 30.1 Å². The highest BCUT2D eigenvalue weighted by molar-refractivity contribution is 5.95. The molecule has 1 aliphatic rings. The molecule has 1 aromatic rings. The van der Waals surface area contributed by atoms with Gasteiger partial charge >= 0.3 is 0 Å². The molecule has 0 bridgehead atoms. The number of hydrogen-bond donors (Lipinski definition) is 0. The number of piperidine rings is 1. The summed E-state index contributed by atoms with van der Waals surface area (Å²) in [4.78, 5) is 14.1. The summed E-state index contributed by atoms with van der Waals surface area (Å²) in [5, 5.41) is 0. The van der Waals surface area contributed by atoms with Crippen molar-refractivity contribution in [2.75, 3.05) is 13.1 Å². The van der Waals surface area contributed by atoms with Gasteiger partial charge in [-0.2, -0.15) is 0 Å². The minimum absolute atomic E-state index is 0.0426. The zero-order valence-corrected chi connectivity index (χ0v) is 16.0. The second-order valence-electron chi connectivity index (χ2n) is 7.92. The molecule has 1 saturated heterocycles. The second kappa shape index (κ2) is 10.1. The number of alkyl halides is 1. The number of benzene rings is 1. The van der Waals surface area contributed by atoms with Gasteiger partial charge in [0.1, 0.15) is 0 Å². The molecule has 1 fully saturated rings. The number of ketones is 1. The van der Waals surface area contributed by atoms with Gasteiger partial charge in [0.2, 0.25) is 0 Å². The van der Waals surface area contributed by atoms with Gasteiger partial charge in [-0.05, 0) is 31.1 Å². The van der Waals surface area contributed by atoms with E-state index in [1.165, 1.54) is 32.1 Å². The molecule has 0 aromatic heterocycles. The quantitative estimate of drug-likeness (QED) is 0.293. The molecule has 1 heterocycles. The van der Waals surface area contributed by atoms with E-state index in [9.17, 15) is 9.18 Å². The molecule has 0 radical (unpaired) electrons. The van der Waals surface area contributed by atoms with E-state index in [4.69, 9.17) is 0 Å². The molecule has 1 aliphatic heterocycles. The molecule has 0 amide bonds. The summed E-state index contributed by atoms with van der Waals surface area (Å²) in [5.41, 5.74) is 1.07. The molecule has 1 unspecified atom stereocenters. The van der Waals surface area contributed by atoms with Crippen molar-refractivity contribution >= 4 is 5.78 Å². The third kappa shape index (κ3) is 6.54. The molecule has 0 N–H and O–H groups in total. The first kappa shape index (κ1) is 20.1. The smallest absolute Gasteiger partial charge is 0.163 e. The molecule has 0 saturated carbocycles. The van der Waals surface area contributed by atoms with Gasteiger partial charge in [-0.15, -0.1) is 0 Å². The van der Waals surface area contributed by atoms with E-state index >= 15 is 0 Å². The zero-order valence-electron chi connectivity index (χ0n) is 16.0. The highest BCUT2D eigenvalue weighted by atomic mass is 19.1. The number of nitrogens with zero attached hydrogens (tertiary/aromatic N) is 1. The van der Waals surface area contributed by atoms with E-state index in [1.807, 2.05) is 23.1 Å². The van der Waals surface area contributed by atoms with Gasteiger partial charge < -0.3 is 0 Å². The van der Waals surface area contributed by atoms with Crippen molar-refractivity contribution in [1.82, 2.24) is 4.90 Å². The maximum atomic E-state index is 14.5. The fraction of sp³-hybridized carbons (Fsp3) is 0.682. The summed E-state index contributed by atoms with van der Waals surface area (Å²) in [5.74, 6) is 0.0426. The van der Waals surface area contributed by atoms with Crippen LogP contribution in [0.5, 0.6) is 0 Å². The van der Waals surface area contributed by atoms with E-state index in [1.54, 1.807) is 12.1 Å². The Morgan fingerprint density at radius 1 is 1.16 bits per heavy atom. The topological polar surface area (TPSA) is 20.3 Å². The molecule has 1 atom stereocenters. The Morgan fingerprint density at radius 2 is 1.84 bits per heavy atom. The van der Waals surface area contributed by atoms with Gasteiger partial charge in [0.05, 0.1) is 0 Å². The van der Waals surface area contributed by atoms with Crippen molar-refractivity contribution < 1.29 is 9.18 Å². The van der Waals surface area contributed by atoms with Crippen LogP contribution in [0, 0.1) is 5.41 Å². The Labute approximate surface area is 152 Å². The SMILES string of the molecule is CCCCCCC1(C)CCN(C(F)CCC(=O)c2ccccc2)CC1. The van der Waals surface area contributed by atoms with E-state index in [0.717, 1.165) is 25.9 Å². The lowest BCUT2D eigenvalue weighted by Crippen LogP contribution is -2.43. The fourth-order valence-electron chi connectivity index (χ4n) is 3.77. The van der Waals surface area contributed by atoms with Gasteiger partial charge in [-0.25, -0.2) is 4.39 Å². The molecule has 2 rings (SSSR count). The van der Waals surface area contributed by atoms with Crippen molar-refractivity contribution in [3.05, 3.63) is 35.9 Å². The average Bonchev–Trinajstić information content (AvgIpc) is 2.64. The predicted octanol–water partition coefficient (Wildman–Crippen LogP) is 6.02. The van der Waals surface area contributed by atoms with Crippen LogP contribution >= 0.6 is 0 Å². The van der Waals surface area contributed by atoms with Crippen LogP contribution in [0.15, 0.2) is 30.3 Å². The first-order chi connectivity index (χ1) is 12.0. The van der Waals surface area contributed by atoms with Crippen LogP contribution in [-0.2, 0) is 0 Å². The lowest BCUT2D eigenvalue weighted by molar-refractivity contribution is 0.0140. The Morgan fingerprint density at radius 3 is 2.48 bits per heavy atom. The van der Waals surface area contributed by atoms with E-state index in [0.29, 0.717) is 17.4 Å².